The number of benzene rings is 1. The second kappa shape index (κ2) is 5.63. The first-order valence-corrected chi connectivity index (χ1v) is 6.38. The Bertz CT molecular complexity index is 594. The zero-order valence-electron chi connectivity index (χ0n) is 10.4. The Balaban J connectivity index is 2.53. The van der Waals surface area contributed by atoms with Gasteiger partial charge in [0.2, 0.25) is 0 Å². The number of hydrogen-bond acceptors (Lipinski definition) is 4. The van der Waals surface area contributed by atoms with Crippen LogP contribution in [-0.2, 0) is 9.63 Å². The van der Waals surface area contributed by atoms with E-state index in [1.807, 2.05) is 6.92 Å². The highest BCUT2D eigenvalue weighted by Gasteiger charge is 2.23. The summed E-state index contributed by atoms with van der Waals surface area (Å²) in [5.41, 5.74) is 1.48. The van der Waals surface area contributed by atoms with Crippen molar-refractivity contribution in [1.82, 2.24) is 0 Å². The average molecular weight is 300 g/mol. The molecule has 0 aliphatic carbocycles. The van der Waals surface area contributed by atoms with Gasteiger partial charge in [-0.25, -0.2) is 4.79 Å². The van der Waals surface area contributed by atoms with E-state index in [4.69, 9.17) is 27.9 Å². The van der Waals surface area contributed by atoms with Crippen molar-refractivity contribution in [3.63, 3.8) is 0 Å². The number of carbonyl (C=O) groups is 1. The predicted octanol–water partition coefficient (Wildman–Crippen LogP) is 3.71. The Morgan fingerprint density at radius 1 is 1.42 bits per heavy atom. The molecule has 1 aromatic carbocycles. The minimum Gasteiger partial charge on any atom is -0.492 e. The van der Waals surface area contributed by atoms with Crippen molar-refractivity contribution in [2.24, 2.45) is 5.16 Å². The fourth-order valence-corrected chi connectivity index (χ4v) is 2.22. The smallest absolute Gasteiger partial charge is 0.367 e. The predicted molar refractivity (Wildman–Crippen MR) is 74.8 cm³/mol. The zero-order valence-corrected chi connectivity index (χ0v) is 11.9. The molecule has 0 saturated carbocycles. The first kappa shape index (κ1) is 13.9. The van der Waals surface area contributed by atoms with E-state index in [0.717, 1.165) is 0 Å². The van der Waals surface area contributed by atoms with Crippen molar-refractivity contribution in [2.75, 3.05) is 6.61 Å². The van der Waals surface area contributed by atoms with Gasteiger partial charge < -0.3 is 9.57 Å². The largest absolute Gasteiger partial charge is 0.492 e. The van der Waals surface area contributed by atoms with Crippen LogP contribution in [0.5, 0.6) is 5.75 Å². The summed E-state index contributed by atoms with van der Waals surface area (Å²) in [6, 6.07) is 3.26. The van der Waals surface area contributed by atoms with Crippen LogP contribution >= 0.6 is 23.2 Å². The van der Waals surface area contributed by atoms with E-state index in [0.29, 0.717) is 39.2 Å². The molecule has 0 spiro atoms. The first-order valence-electron chi connectivity index (χ1n) is 5.62. The lowest BCUT2D eigenvalue weighted by atomic mass is 10.1. The van der Waals surface area contributed by atoms with Crippen molar-refractivity contribution < 1.29 is 14.4 Å². The van der Waals surface area contributed by atoms with Crippen LogP contribution < -0.4 is 4.74 Å². The van der Waals surface area contributed by atoms with Crippen molar-refractivity contribution in [1.29, 1.82) is 0 Å². The summed E-state index contributed by atoms with van der Waals surface area (Å²) in [5, 5.41) is 4.46. The molecule has 0 radical (unpaired) electrons. The van der Waals surface area contributed by atoms with Gasteiger partial charge in [-0.1, -0.05) is 28.4 Å². The van der Waals surface area contributed by atoms with Gasteiger partial charge in [-0.2, -0.15) is 0 Å². The van der Waals surface area contributed by atoms with Gasteiger partial charge in [0.15, 0.2) is 0 Å². The lowest BCUT2D eigenvalue weighted by Crippen LogP contribution is -2.03. The maximum atomic E-state index is 11.5. The maximum Gasteiger partial charge on any atom is 0.367 e. The molecule has 2 rings (SSSR count). The monoisotopic (exact) mass is 299 g/mol. The SMILES string of the molecule is CCOc1c(Cl)cc(Cl)cc1/C=C1\C(=O)ON=C1C. The van der Waals surface area contributed by atoms with Crippen molar-refractivity contribution >= 4 is 41.0 Å². The summed E-state index contributed by atoms with van der Waals surface area (Å²) < 4.78 is 5.48. The van der Waals surface area contributed by atoms with Crippen LogP contribution in [-0.4, -0.2) is 18.3 Å². The maximum absolute atomic E-state index is 11.5. The molecule has 1 aromatic rings. The van der Waals surface area contributed by atoms with Crippen molar-refractivity contribution in [3.8, 4) is 5.75 Å². The molecule has 0 atom stereocenters. The van der Waals surface area contributed by atoms with E-state index < -0.39 is 5.97 Å². The van der Waals surface area contributed by atoms with Crippen molar-refractivity contribution in [2.45, 2.75) is 13.8 Å². The Hall–Kier alpha value is -1.52. The zero-order chi connectivity index (χ0) is 14.0. The molecule has 19 heavy (non-hydrogen) atoms. The van der Waals surface area contributed by atoms with Crippen LogP contribution in [0.4, 0.5) is 0 Å². The molecular formula is C13H11Cl2NO3. The second-order valence-electron chi connectivity index (χ2n) is 3.85. The van der Waals surface area contributed by atoms with E-state index in [9.17, 15) is 4.79 Å². The summed E-state index contributed by atoms with van der Waals surface area (Å²) in [5.74, 6) is -0.0235. The minimum absolute atomic E-state index is 0.360. The number of hydrogen-bond donors (Lipinski definition) is 0. The van der Waals surface area contributed by atoms with E-state index in [1.165, 1.54) is 0 Å². The third-order valence-electron chi connectivity index (χ3n) is 2.50. The van der Waals surface area contributed by atoms with Gasteiger partial charge in [0.05, 0.1) is 22.9 Å². The summed E-state index contributed by atoms with van der Waals surface area (Å²) >= 11 is 12.1. The summed E-state index contributed by atoms with van der Waals surface area (Å²) in [6.07, 6.45) is 1.61. The number of halogens is 2. The van der Waals surface area contributed by atoms with Crippen LogP contribution in [0.25, 0.3) is 6.08 Å². The highest BCUT2D eigenvalue weighted by Crippen LogP contribution is 2.34. The van der Waals surface area contributed by atoms with Gasteiger partial charge in [0.1, 0.15) is 5.75 Å². The van der Waals surface area contributed by atoms with Crippen LogP contribution in [0, 0.1) is 0 Å². The Labute approximate surface area is 120 Å². The molecule has 4 nitrogen and oxygen atoms in total. The second-order valence-corrected chi connectivity index (χ2v) is 4.70. The quantitative estimate of drug-likeness (QED) is 0.631. The molecule has 0 N–H and O–H groups in total. The van der Waals surface area contributed by atoms with Crippen LogP contribution in [0.1, 0.15) is 19.4 Å². The normalized spacial score (nSPS) is 16.5. The van der Waals surface area contributed by atoms with E-state index >= 15 is 0 Å². The summed E-state index contributed by atoms with van der Waals surface area (Å²) in [7, 11) is 0. The molecule has 0 bridgehead atoms. The number of carbonyl (C=O) groups excluding carboxylic acids is 1. The molecule has 0 fully saturated rings. The number of nitrogens with zero attached hydrogens (tertiary/aromatic N) is 1. The molecule has 1 aliphatic rings. The van der Waals surface area contributed by atoms with Gasteiger partial charge in [-0.3, -0.25) is 0 Å². The topological polar surface area (TPSA) is 47.9 Å². The van der Waals surface area contributed by atoms with Crippen molar-refractivity contribution in [3.05, 3.63) is 33.3 Å². The highest BCUT2D eigenvalue weighted by molar-refractivity contribution is 6.36. The molecule has 0 unspecified atom stereocenters. The van der Waals surface area contributed by atoms with Crippen LogP contribution in [0.3, 0.4) is 0 Å². The lowest BCUT2D eigenvalue weighted by Gasteiger charge is -2.10. The molecular weight excluding hydrogens is 289 g/mol. The number of oxime groups is 1. The van der Waals surface area contributed by atoms with Gasteiger partial charge in [0, 0.05) is 10.6 Å². The Morgan fingerprint density at radius 3 is 2.74 bits per heavy atom. The Morgan fingerprint density at radius 2 is 2.16 bits per heavy atom. The third kappa shape index (κ3) is 2.91. The molecule has 0 aromatic heterocycles. The lowest BCUT2D eigenvalue weighted by molar-refractivity contribution is -0.136. The van der Waals surface area contributed by atoms with Gasteiger partial charge in [-0.15, -0.1) is 0 Å². The highest BCUT2D eigenvalue weighted by atomic mass is 35.5. The first-order chi connectivity index (χ1) is 9.02. The standard InChI is InChI=1S/C13H11Cl2NO3/c1-3-18-12-8(4-9(14)6-11(12)15)5-10-7(2)16-19-13(10)17/h4-6H,3H2,1-2H3/b10-5-. The average Bonchev–Trinajstić information content (AvgIpc) is 2.65. The molecule has 6 heteroatoms. The third-order valence-corrected chi connectivity index (χ3v) is 3.00. The van der Waals surface area contributed by atoms with E-state index in [2.05, 4.69) is 9.99 Å². The number of rotatable bonds is 3. The summed E-state index contributed by atoms with van der Waals surface area (Å²) in [4.78, 5) is 16.1. The van der Waals surface area contributed by atoms with Crippen LogP contribution in [0.2, 0.25) is 10.0 Å². The molecule has 1 heterocycles. The minimum atomic E-state index is -0.504. The molecule has 0 amide bonds. The Kier molecular flexibility index (Phi) is 4.12. The fraction of sp³-hybridized carbons (Fsp3) is 0.231. The molecule has 100 valence electrons. The number of ether oxygens (including phenoxy) is 1. The molecule has 1 aliphatic heterocycles. The van der Waals surface area contributed by atoms with E-state index in [1.54, 1.807) is 25.1 Å². The fourth-order valence-electron chi connectivity index (χ4n) is 1.66. The van der Waals surface area contributed by atoms with Gasteiger partial charge in [0.25, 0.3) is 0 Å². The van der Waals surface area contributed by atoms with Gasteiger partial charge in [-0.05, 0) is 32.1 Å². The molecule has 0 saturated heterocycles. The summed E-state index contributed by atoms with van der Waals surface area (Å²) in [6.45, 7) is 3.98. The van der Waals surface area contributed by atoms with Crippen LogP contribution in [0.15, 0.2) is 22.9 Å². The van der Waals surface area contributed by atoms with Gasteiger partial charge >= 0.3 is 5.97 Å². The van der Waals surface area contributed by atoms with E-state index in [-0.39, 0.29) is 0 Å².